The SMILES string of the molecule is CN(CCO)c1ccc(/C(N)=N/O)nc1. The van der Waals surface area contributed by atoms with Crippen molar-refractivity contribution >= 4 is 11.5 Å². The summed E-state index contributed by atoms with van der Waals surface area (Å²) in [6.45, 7) is 0.614. The number of nitrogens with zero attached hydrogens (tertiary/aromatic N) is 3. The number of aromatic nitrogens is 1. The Hall–Kier alpha value is -1.82. The van der Waals surface area contributed by atoms with E-state index in [2.05, 4.69) is 10.1 Å². The van der Waals surface area contributed by atoms with E-state index in [1.165, 1.54) is 0 Å². The van der Waals surface area contributed by atoms with Gasteiger partial charge in [0.1, 0.15) is 5.69 Å². The van der Waals surface area contributed by atoms with Gasteiger partial charge in [-0.1, -0.05) is 5.16 Å². The number of aliphatic hydroxyl groups excluding tert-OH is 1. The average Bonchev–Trinajstić information content (AvgIpc) is 2.28. The molecule has 0 aliphatic rings. The van der Waals surface area contributed by atoms with Crippen LogP contribution in [0.2, 0.25) is 0 Å². The molecule has 1 rings (SSSR count). The molecule has 15 heavy (non-hydrogen) atoms. The van der Waals surface area contributed by atoms with Crippen LogP contribution in [0.5, 0.6) is 0 Å². The maximum absolute atomic E-state index is 8.74. The molecule has 6 nitrogen and oxygen atoms in total. The zero-order valence-electron chi connectivity index (χ0n) is 8.46. The fraction of sp³-hybridized carbons (Fsp3) is 0.333. The Labute approximate surface area is 87.6 Å². The quantitative estimate of drug-likeness (QED) is 0.272. The second kappa shape index (κ2) is 5.16. The zero-order chi connectivity index (χ0) is 11.3. The van der Waals surface area contributed by atoms with Crippen molar-refractivity contribution in [1.29, 1.82) is 0 Å². The molecule has 0 saturated carbocycles. The third-order valence-electron chi connectivity index (χ3n) is 1.99. The van der Waals surface area contributed by atoms with Gasteiger partial charge in [0.2, 0.25) is 0 Å². The van der Waals surface area contributed by atoms with Crippen LogP contribution in [0, 0.1) is 0 Å². The van der Waals surface area contributed by atoms with E-state index >= 15 is 0 Å². The number of aliphatic hydroxyl groups is 1. The predicted molar refractivity (Wildman–Crippen MR) is 57.1 cm³/mol. The van der Waals surface area contributed by atoms with Crippen molar-refractivity contribution in [2.45, 2.75) is 0 Å². The van der Waals surface area contributed by atoms with Crippen molar-refractivity contribution in [3.8, 4) is 0 Å². The number of pyridine rings is 1. The third kappa shape index (κ3) is 2.81. The third-order valence-corrected chi connectivity index (χ3v) is 1.99. The van der Waals surface area contributed by atoms with E-state index in [0.717, 1.165) is 5.69 Å². The highest BCUT2D eigenvalue weighted by Crippen LogP contribution is 2.10. The fourth-order valence-electron chi connectivity index (χ4n) is 1.09. The van der Waals surface area contributed by atoms with Crippen LogP contribution in [0.25, 0.3) is 0 Å². The highest BCUT2D eigenvalue weighted by molar-refractivity contribution is 5.95. The maximum Gasteiger partial charge on any atom is 0.188 e. The summed E-state index contributed by atoms with van der Waals surface area (Å²) in [6, 6.07) is 3.44. The van der Waals surface area contributed by atoms with Gasteiger partial charge in [0.25, 0.3) is 0 Å². The minimum absolute atomic E-state index is 0.0219. The van der Waals surface area contributed by atoms with Crippen molar-refractivity contribution in [3.63, 3.8) is 0 Å². The summed E-state index contributed by atoms with van der Waals surface area (Å²) >= 11 is 0. The Morgan fingerprint density at radius 1 is 1.60 bits per heavy atom. The Balaban J connectivity index is 2.80. The van der Waals surface area contributed by atoms with Gasteiger partial charge in [-0.05, 0) is 12.1 Å². The molecule has 0 saturated heterocycles. The highest BCUT2D eigenvalue weighted by Gasteiger charge is 2.03. The largest absolute Gasteiger partial charge is 0.409 e. The number of amidine groups is 1. The number of hydrogen-bond donors (Lipinski definition) is 3. The van der Waals surface area contributed by atoms with Gasteiger partial charge in [-0.15, -0.1) is 0 Å². The average molecular weight is 210 g/mol. The smallest absolute Gasteiger partial charge is 0.188 e. The van der Waals surface area contributed by atoms with Gasteiger partial charge >= 0.3 is 0 Å². The zero-order valence-corrected chi connectivity index (χ0v) is 8.46. The molecular formula is C9H14N4O2. The first-order chi connectivity index (χ1) is 7.19. The lowest BCUT2D eigenvalue weighted by Crippen LogP contribution is -2.22. The van der Waals surface area contributed by atoms with E-state index < -0.39 is 0 Å². The molecule has 0 bridgehead atoms. The Morgan fingerprint density at radius 2 is 2.33 bits per heavy atom. The van der Waals surface area contributed by atoms with Crippen LogP contribution < -0.4 is 10.6 Å². The van der Waals surface area contributed by atoms with Crippen LogP contribution in [0.1, 0.15) is 5.69 Å². The van der Waals surface area contributed by atoms with Crippen LogP contribution in [0.15, 0.2) is 23.5 Å². The van der Waals surface area contributed by atoms with Gasteiger partial charge in [-0.2, -0.15) is 0 Å². The fourth-order valence-corrected chi connectivity index (χ4v) is 1.09. The molecule has 1 aromatic heterocycles. The molecule has 0 atom stereocenters. The minimum atomic E-state index is -0.0219. The maximum atomic E-state index is 8.74. The van der Waals surface area contributed by atoms with E-state index in [9.17, 15) is 0 Å². The summed E-state index contributed by atoms with van der Waals surface area (Å²) in [6.07, 6.45) is 1.60. The summed E-state index contributed by atoms with van der Waals surface area (Å²) in [4.78, 5) is 5.86. The van der Waals surface area contributed by atoms with Gasteiger partial charge in [0.15, 0.2) is 5.84 Å². The van der Waals surface area contributed by atoms with E-state index in [0.29, 0.717) is 12.2 Å². The second-order valence-corrected chi connectivity index (χ2v) is 3.03. The van der Waals surface area contributed by atoms with Crippen LogP contribution in [-0.2, 0) is 0 Å². The summed E-state index contributed by atoms with van der Waals surface area (Å²) < 4.78 is 0. The Kier molecular flexibility index (Phi) is 3.87. The summed E-state index contributed by atoms with van der Waals surface area (Å²) in [5.41, 5.74) is 6.64. The minimum Gasteiger partial charge on any atom is -0.409 e. The van der Waals surface area contributed by atoms with E-state index in [1.807, 2.05) is 11.9 Å². The predicted octanol–water partition coefficient (Wildman–Crippen LogP) is -0.395. The molecule has 0 fully saturated rings. The molecule has 0 unspecified atom stereocenters. The molecule has 0 spiro atoms. The molecule has 0 amide bonds. The number of likely N-dealkylation sites (N-methyl/N-ethyl adjacent to an activating group) is 1. The van der Waals surface area contributed by atoms with Gasteiger partial charge in [-0.3, -0.25) is 4.98 Å². The molecule has 0 aromatic carbocycles. The van der Waals surface area contributed by atoms with Crippen LogP contribution in [0.3, 0.4) is 0 Å². The number of nitrogens with two attached hydrogens (primary N) is 1. The lowest BCUT2D eigenvalue weighted by molar-refractivity contribution is 0.304. The monoisotopic (exact) mass is 210 g/mol. The summed E-state index contributed by atoms with van der Waals surface area (Å²) in [5, 5.41) is 20.0. The normalized spacial score (nSPS) is 11.5. The van der Waals surface area contributed by atoms with Crippen molar-refractivity contribution in [1.82, 2.24) is 4.98 Å². The second-order valence-electron chi connectivity index (χ2n) is 3.03. The summed E-state index contributed by atoms with van der Waals surface area (Å²) in [7, 11) is 1.84. The molecule has 0 aliphatic heterocycles. The van der Waals surface area contributed by atoms with Gasteiger partial charge < -0.3 is 20.9 Å². The first kappa shape index (κ1) is 11.3. The lowest BCUT2D eigenvalue weighted by Gasteiger charge is -2.17. The molecular weight excluding hydrogens is 196 g/mol. The summed E-state index contributed by atoms with van der Waals surface area (Å²) in [5.74, 6) is -0.0219. The number of oxime groups is 1. The Morgan fingerprint density at radius 3 is 2.80 bits per heavy atom. The molecule has 0 aliphatic carbocycles. The molecule has 82 valence electrons. The van der Waals surface area contributed by atoms with Gasteiger partial charge in [0, 0.05) is 13.6 Å². The van der Waals surface area contributed by atoms with Crippen molar-refractivity contribution in [2.24, 2.45) is 10.9 Å². The number of hydrogen-bond acceptors (Lipinski definition) is 5. The molecule has 1 aromatic rings. The highest BCUT2D eigenvalue weighted by atomic mass is 16.4. The van der Waals surface area contributed by atoms with Crippen molar-refractivity contribution < 1.29 is 10.3 Å². The van der Waals surface area contributed by atoms with E-state index in [4.69, 9.17) is 16.0 Å². The number of rotatable bonds is 4. The van der Waals surface area contributed by atoms with Crippen LogP contribution in [-0.4, -0.2) is 41.3 Å². The van der Waals surface area contributed by atoms with Gasteiger partial charge in [-0.25, -0.2) is 0 Å². The molecule has 4 N–H and O–H groups in total. The van der Waals surface area contributed by atoms with Crippen molar-refractivity contribution in [3.05, 3.63) is 24.0 Å². The number of anilines is 1. The molecule has 1 heterocycles. The van der Waals surface area contributed by atoms with E-state index in [-0.39, 0.29) is 12.4 Å². The molecule has 0 radical (unpaired) electrons. The molecule has 6 heteroatoms. The standard InChI is InChI=1S/C9H14N4O2/c1-13(4-5-14)7-2-3-8(11-6-7)9(10)12-15/h2-3,6,14-15H,4-5H2,1H3,(H2,10,12). The lowest BCUT2D eigenvalue weighted by atomic mass is 10.3. The Bertz CT molecular complexity index is 336. The van der Waals surface area contributed by atoms with Crippen LogP contribution >= 0.6 is 0 Å². The van der Waals surface area contributed by atoms with Crippen molar-refractivity contribution in [2.75, 3.05) is 25.1 Å². The first-order valence-corrected chi connectivity index (χ1v) is 4.45. The van der Waals surface area contributed by atoms with Crippen LogP contribution in [0.4, 0.5) is 5.69 Å². The first-order valence-electron chi connectivity index (χ1n) is 4.45. The van der Waals surface area contributed by atoms with E-state index in [1.54, 1.807) is 18.3 Å². The topological polar surface area (TPSA) is 95.0 Å². The van der Waals surface area contributed by atoms with Gasteiger partial charge in [0.05, 0.1) is 18.5 Å².